The SMILES string of the molecule is C.C.C.C.C.C.C=C(C)C(=O)OC[SiH2]O[Si](C)(CCC[N+](C)(C)C)O[Si](C)(C)COC(=O)C(=C)C.[Br-]. The molecule has 0 fully saturated rings. The molecule has 7 nitrogen and oxygen atoms in total. The van der Waals surface area contributed by atoms with Gasteiger partial charge in [0.2, 0.25) is 8.32 Å². The first kappa shape index (κ1) is 55.8. The number of quaternary nitrogens is 1. The van der Waals surface area contributed by atoms with E-state index in [4.69, 9.17) is 17.7 Å². The van der Waals surface area contributed by atoms with E-state index in [2.05, 4.69) is 40.8 Å². The summed E-state index contributed by atoms with van der Waals surface area (Å²) in [6.07, 6.45) is 1.52. The Morgan fingerprint density at radius 2 is 1.25 bits per heavy atom. The second-order valence-electron chi connectivity index (χ2n) is 9.23. The fraction of sp³-hybridized carbons (Fsp3) is 0.760. The minimum absolute atomic E-state index is 0. The first-order chi connectivity index (χ1) is 13.1. The number of hydrogen-bond donors (Lipinski definition) is 0. The van der Waals surface area contributed by atoms with E-state index in [-0.39, 0.29) is 67.8 Å². The summed E-state index contributed by atoms with van der Waals surface area (Å²) in [6, 6.07) is 0.842. The molecule has 1 unspecified atom stereocenters. The Morgan fingerprint density at radius 3 is 1.64 bits per heavy atom. The Hall–Kier alpha value is -0.569. The van der Waals surface area contributed by atoms with Gasteiger partial charge in [0, 0.05) is 11.1 Å². The van der Waals surface area contributed by atoms with Crippen molar-refractivity contribution >= 4 is 38.6 Å². The molecule has 0 aromatic heterocycles. The van der Waals surface area contributed by atoms with E-state index in [0.717, 1.165) is 23.5 Å². The zero-order chi connectivity index (χ0) is 22.9. The zero-order valence-electron chi connectivity index (χ0n) is 19.9. The molecule has 0 saturated carbocycles. The first-order valence-corrected chi connectivity index (χ1v) is 17.1. The van der Waals surface area contributed by atoms with Crippen molar-refractivity contribution in [1.82, 2.24) is 0 Å². The lowest BCUT2D eigenvalue weighted by Gasteiger charge is -2.36. The summed E-state index contributed by atoms with van der Waals surface area (Å²) < 4.78 is 24.2. The van der Waals surface area contributed by atoms with E-state index in [1.165, 1.54) is 0 Å². The van der Waals surface area contributed by atoms with Crippen LogP contribution in [0.4, 0.5) is 0 Å². The average Bonchev–Trinajstić information content (AvgIpc) is 2.54. The summed E-state index contributed by atoms with van der Waals surface area (Å²) in [5.74, 6) is -0.790. The molecule has 0 aromatic carbocycles. The number of rotatable bonds is 14. The number of halogens is 1. The van der Waals surface area contributed by atoms with Crippen LogP contribution in [0.3, 0.4) is 0 Å². The van der Waals surface area contributed by atoms with Crippen molar-refractivity contribution in [3.8, 4) is 0 Å². The topological polar surface area (TPSA) is 71.1 Å². The van der Waals surface area contributed by atoms with Gasteiger partial charge in [0.15, 0.2) is 9.76 Å². The summed E-state index contributed by atoms with van der Waals surface area (Å²) in [7, 11) is 0.579. The molecule has 0 saturated heterocycles. The summed E-state index contributed by atoms with van der Waals surface area (Å²) in [6.45, 7) is 17.6. The number of hydrogen-bond acceptors (Lipinski definition) is 6. The molecule has 0 bridgehead atoms. The van der Waals surface area contributed by atoms with Crippen LogP contribution in [-0.2, 0) is 27.3 Å². The van der Waals surface area contributed by atoms with Crippen LogP contribution in [0.2, 0.25) is 25.7 Å². The largest absolute Gasteiger partial charge is 1.00 e. The van der Waals surface area contributed by atoms with Gasteiger partial charge in [-0.1, -0.05) is 57.7 Å². The molecule has 0 heterocycles. The molecular formula is C25H64BrNO6Si3. The third-order valence-corrected chi connectivity index (χ3v) is 13.6. The summed E-state index contributed by atoms with van der Waals surface area (Å²) in [5.41, 5.74) is 0.756. The molecular weight excluding hydrogens is 574 g/mol. The number of esters is 2. The molecule has 0 aliphatic heterocycles. The molecule has 0 rings (SSSR count). The maximum absolute atomic E-state index is 11.7. The van der Waals surface area contributed by atoms with Crippen LogP contribution in [0.1, 0.15) is 64.8 Å². The maximum atomic E-state index is 11.7. The number of ether oxygens (including phenoxy) is 2. The second-order valence-corrected chi connectivity index (χ2v) is 18.6. The van der Waals surface area contributed by atoms with Gasteiger partial charge in [-0.05, 0) is 46.0 Å². The Morgan fingerprint density at radius 1 is 0.833 bits per heavy atom. The fourth-order valence-electron chi connectivity index (χ4n) is 2.52. The van der Waals surface area contributed by atoms with Gasteiger partial charge in [-0.25, -0.2) is 9.59 Å². The van der Waals surface area contributed by atoms with E-state index in [0.29, 0.717) is 17.4 Å². The summed E-state index contributed by atoms with van der Waals surface area (Å²) in [4.78, 5) is 23.3. The van der Waals surface area contributed by atoms with Crippen molar-refractivity contribution in [1.29, 1.82) is 0 Å². The van der Waals surface area contributed by atoms with Crippen molar-refractivity contribution in [2.45, 2.75) is 90.5 Å². The first-order valence-electron chi connectivity index (χ1n) is 9.87. The van der Waals surface area contributed by atoms with Crippen LogP contribution in [-0.4, -0.2) is 83.2 Å². The third kappa shape index (κ3) is 28.0. The molecule has 36 heavy (non-hydrogen) atoms. The van der Waals surface area contributed by atoms with E-state index in [1.807, 2.05) is 13.1 Å². The highest BCUT2D eigenvalue weighted by Gasteiger charge is 2.39. The highest BCUT2D eigenvalue weighted by molar-refractivity contribution is 6.84. The fourth-order valence-corrected chi connectivity index (χ4v) is 12.8. The zero-order valence-corrected chi connectivity index (χ0v) is 24.9. The Balaban J connectivity index is -0.000000187. The molecule has 1 atom stereocenters. The molecule has 0 spiro atoms. The van der Waals surface area contributed by atoms with Gasteiger partial charge in [-0.15, -0.1) is 0 Å². The van der Waals surface area contributed by atoms with Crippen LogP contribution < -0.4 is 17.0 Å². The standard InChI is InChI=1S/C19H40NO6Si3.6CH4.BrH/c1-16(2)18(21)23-14-27-25-29(10,13-11-12-20(5,6)7)26-28(8,9)15-24-19(22)17(3)4;;;;;;;/h1,3,11-15,27H2,2,4-10H3;6*1H4;1H/q+1;;;;;;;/p-1. The molecule has 0 aliphatic carbocycles. The van der Waals surface area contributed by atoms with Crippen molar-refractivity contribution in [3.63, 3.8) is 0 Å². The smallest absolute Gasteiger partial charge is 0.332 e. The van der Waals surface area contributed by atoms with Crippen molar-refractivity contribution in [2.24, 2.45) is 0 Å². The Bertz CT molecular complexity index is 613. The van der Waals surface area contributed by atoms with Gasteiger partial charge < -0.3 is 39.2 Å². The highest BCUT2D eigenvalue weighted by atomic mass is 79.9. The van der Waals surface area contributed by atoms with Gasteiger partial charge in [0.1, 0.15) is 12.5 Å². The van der Waals surface area contributed by atoms with Crippen molar-refractivity contribution < 1.29 is 48.8 Å². The van der Waals surface area contributed by atoms with E-state index in [9.17, 15) is 9.59 Å². The predicted molar refractivity (Wildman–Crippen MR) is 164 cm³/mol. The van der Waals surface area contributed by atoms with Gasteiger partial charge in [0.05, 0.1) is 27.7 Å². The average molecular weight is 639 g/mol. The van der Waals surface area contributed by atoms with Crippen LogP contribution >= 0.6 is 0 Å². The molecule has 0 N–H and O–H groups in total. The maximum Gasteiger partial charge on any atom is 0.332 e. The van der Waals surface area contributed by atoms with Crippen molar-refractivity contribution in [2.75, 3.05) is 40.1 Å². The lowest BCUT2D eigenvalue weighted by Crippen LogP contribution is -3.00. The molecule has 11 heteroatoms. The van der Waals surface area contributed by atoms with E-state index >= 15 is 0 Å². The van der Waals surface area contributed by atoms with Crippen LogP contribution in [0.5, 0.6) is 0 Å². The second kappa shape index (κ2) is 24.7. The molecule has 224 valence electrons. The predicted octanol–water partition coefficient (Wildman–Crippen LogP) is 3.03. The van der Waals surface area contributed by atoms with E-state index in [1.54, 1.807) is 13.8 Å². The summed E-state index contributed by atoms with van der Waals surface area (Å²) in [5, 5.41) is 0. The lowest BCUT2D eigenvalue weighted by atomic mass is 10.4. The third-order valence-electron chi connectivity index (χ3n) is 3.92. The van der Waals surface area contributed by atoms with Gasteiger partial charge in [-0.3, -0.25) is 0 Å². The minimum atomic E-state index is -2.50. The monoisotopic (exact) mass is 637 g/mol. The van der Waals surface area contributed by atoms with Gasteiger partial charge in [-0.2, -0.15) is 0 Å². The van der Waals surface area contributed by atoms with Crippen molar-refractivity contribution in [3.05, 3.63) is 24.3 Å². The molecule has 0 aromatic rings. The lowest BCUT2D eigenvalue weighted by molar-refractivity contribution is -0.870. The molecule has 0 radical (unpaired) electrons. The van der Waals surface area contributed by atoms with Gasteiger partial charge in [0.25, 0.3) is 0 Å². The molecule has 0 aliphatic rings. The van der Waals surface area contributed by atoms with Crippen LogP contribution in [0.15, 0.2) is 24.3 Å². The highest BCUT2D eigenvalue weighted by Crippen LogP contribution is 2.22. The number of carbonyl (C=O) groups excluding carboxylic acids is 2. The molecule has 0 amide bonds. The summed E-state index contributed by atoms with van der Waals surface area (Å²) >= 11 is 0. The van der Waals surface area contributed by atoms with E-state index < -0.39 is 38.6 Å². The quantitative estimate of drug-likeness (QED) is 0.0959. The number of nitrogens with zero attached hydrogens (tertiary/aromatic N) is 1. The Kier molecular flexibility index (Phi) is 38.4. The number of carbonyl (C=O) groups is 2. The van der Waals surface area contributed by atoms with Gasteiger partial charge >= 0.3 is 20.5 Å². The Labute approximate surface area is 241 Å². The normalized spacial score (nSPS) is 11.7. The minimum Gasteiger partial charge on any atom is -1.00 e. The van der Waals surface area contributed by atoms with Crippen LogP contribution in [0.25, 0.3) is 0 Å². The van der Waals surface area contributed by atoms with Crippen LogP contribution in [0, 0.1) is 0 Å².